The summed E-state index contributed by atoms with van der Waals surface area (Å²) in [5, 5.41) is 20.7. The zero-order valence-electron chi connectivity index (χ0n) is 20.4. The van der Waals surface area contributed by atoms with Gasteiger partial charge in [-0.3, -0.25) is 4.79 Å². The van der Waals surface area contributed by atoms with Gasteiger partial charge in [0.1, 0.15) is 5.75 Å². The minimum atomic E-state index is -0.818. The molecule has 0 radical (unpaired) electrons. The fourth-order valence-electron chi connectivity index (χ4n) is 4.01. The molecule has 0 aromatic heterocycles. The maximum atomic E-state index is 11.6. The Balaban J connectivity index is 3.02. The highest BCUT2D eigenvalue weighted by molar-refractivity contribution is 7.99. The Bertz CT molecular complexity index is 681. The van der Waals surface area contributed by atoms with E-state index in [0.717, 1.165) is 40.2 Å². The van der Waals surface area contributed by atoms with Gasteiger partial charge in [0, 0.05) is 5.56 Å². The Morgan fingerprint density at radius 1 is 0.933 bits per heavy atom. The lowest BCUT2D eigenvalue weighted by Crippen LogP contribution is -2.22. The van der Waals surface area contributed by atoms with Crippen LogP contribution in [0.2, 0.25) is 0 Å². The lowest BCUT2D eigenvalue weighted by molar-refractivity contribution is -0.136. The van der Waals surface area contributed by atoms with E-state index in [9.17, 15) is 15.0 Å². The predicted molar refractivity (Wildman–Crippen MR) is 131 cm³/mol. The van der Waals surface area contributed by atoms with Gasteiger partial charge in [0.2, 0.25) is 0 Å². The Morgan fingerprint density at radius 3 is 2.07 bits per heavy atom. The van der Waals surface area contributed by atoms with Crippen LogP contribution in [0, 0.1) is 0 Å². The van der Waals surface area contributed by atoms with Crippen molar-refractivity contribution in [3.63, 3.8) is 0 Å². The highest BCUT2D eigenvalue weighted by Crippen LogP contribution is 2.43. The fourth-order valence-corrected chi connectivity index (χ4v) is 4.98. The van der Waals surface area contributed by atoms with E-state index < -0.39 is 5.97 Å². The molecule has 0 aliphatic rings. The summed E-state index contributed by atoms with van der Waals surface area (Å²) in [6, 6.07) is 1.94. The molecule has 172 valence electrons. The molecule has 0 amide bonds. The number of phenols is 1. The lowest BCUT2D eigenvalue weighted by atomic mass is 9.75. The number of phenolic OH excluding ortho intramolecular Hbond substituents is 1. The summed E-state index contributed by atoms with van der Waals surface area (Å²) in [6.07, 6.45) is 8.63. The summed E-state index contributed by atoms with van der Waals surface area (Å²) in [6.45, 7) is 14.7. The number of aromatic hydroxyl groups is 1. The number of hydrogen-bond acceptors (Lipinski definition) is 3. The monoisotopic (exact) mass is 436 g/mol. The van der Waals surface area contributed by atoms with Crippen LogP contribution in [-0.4, -0.2) is 27.7 Å². The minimum absolute atomic E-state index is 0.00384. The first kappa shape index (κ1) is 26.9. The standard InChI is InChI=1S/C26H44O3S/c1-8-9-10-11-12-13-15-30-16-14-20-19(18-22(27)28)17-21(25(2,3)4)24(29)23(20)26(5,6)7/h17,29H,8-16,18H2,1-7H3,(H,27,28). The third-order valence-electron chi connectivity index (χ3n) is 5.54. The fraction of sp³-hybridized carbons (Fsp3) is 0.731. The van der Waals surface area contributed by atoms with E-state index >= 15 is 0 Å². The Labute approximate surface area is 189 Å². The first-order chi connectivity index (χ1) is 13.9. The molecule has 0 fully saturated rings. The molecule has 0 bridgehead atoms. The summed E-state index contributed by atoms with van der Waals surface area (Å²) in [5.41, 5.74) is 3.15. The molecule has 0 unspecified atom stereocenters. The summed E-state index contributed by atoms with van der Waals surface area (Å²) >= 11 is 1.95. The van der Waals surface area contributed by atoms with E-state index in [-0.39, 0.29) is 17.3 Å². The number of thioether (sulfide) groups is 1. The van der Waals surface area contributed by atoms with E-state index in [1.165, 1.54) is 38.5 Å². The van der Waals surface area contributed by atoms with Crippen molar-refractivity contribution in [1.82, 2.24) is 0 Å². The zero-order chi connectivity index (χ0) is 22.9. The molecule has 0 heterocycles. The number of carboxylic acid groups (broad SMARTS) is 1. The number of rotatable bonds is 12. The normalized spacial score (nSPS) is 12.4. The van der Waals surface area contributed by atoms with Crippen molar-refractivity contribution in [2.75, 3.05) is 11.5 Å². The molecule has 0 aliphatic heterocycles. The van der Waals surface area contributed by atoms with Crippen LogP contribution in [0.5, 0.6) is 5.75 Å². The predicted octanol–water partition coefficient (Wildman–Crippen LogP) is 7.25. The van der Waals surface area contributed by atoms with Crippen LogP contribution in [0.25, 0.3) is 0 Å². The van der Waals surface area contributed by atoms with Gasteiger partial charge in [-0.1, -0.05) is 86.6 Å². The molecule has 30 heavy (non-hydrogen) atoms. The molecule has 2 N–H and O–H groups in total. The number of hydrogen-bond donors (Lipinski definition) is 2. The number of carboxylic acids is 1. The van der Waals surface area contributed by atoms with Gasteiger partial charge >= 0.3 is 5.97 Å². The second-order valence-corrected chi connectivity index (χ2v) is 11.7. The van der Waals surface area contributed by atoms with Gasteiger partial charge in [0.25, 0.3) is 0 Å². The second kappa shape index (κ2) is 12.0. The quantitative estimate of drug-likeness (QED) is 0.339. The van der Waals surface area contributed by atoms with Crippen LogP contribution in [0.3, 0.4) is 0 Å². The number of aliphatic carboxylic acids is 1. The molecule has 4 heteroatoms. The van der Waals surface area contributed by atoms with Crippen LogP contribution in [-0.2, 0) is 28.5 Å². The molecule has 0 saturated carbocycles. The van der Waals surface area contributed by atoms with E-state index in [1.54, 1.807) is 0 Å². The van der Waals surface area contributed by atoms with Crippen molar-refractivity contribution in [2.45, 2.75) is 111 Å². The van der Waals surface area contributed by atoms with E-state index in [1.807, 2.05) is 17.8 Å². The first-order valence-electron chi connectivity index (χ1n) is 11.6. The van der Waals surface area contributed by atoms with Crippen molar-refractivity contribution in [3.8, 4) is 5.75 Å². The minimum Gasteiger partial charge on any atom is -0.507 e. The molecule has 0 spiro atoms. The number of carbonyl (C=O) groups is 1. The van der Waals surface area contributed by atoms with Crippen LogP contribution < -0.4 is 0 Å². The van der Waals surface area contributed by atoms with Gasteiger partial charge in [-0.05, 0) is 51.9 Å². The van der Waals surface area contributed by atoms with Gasteiger partial charge in [0.15, 0.2) is 0 Å². The average molecular weight is 437 g/mol. The highest BCUT2D eigenvalue weighted by Gasteiger charge is 2.30. The average Bonchev–Trinajstić information content (AvgIpc) is 2.59. The van der Waals surface area contributed by atoms with Crippen LogP contribution in [0.15, 0.2) is 6.07 Å². The smallest absolute Gasteiger partial charge is 0.307 e. The van der Waals surface area contributed by atoms with Crippen molar-refractivity contribution in [3.05, 3.63) is 28.3 Å². The van der Waals surface area contributed by atoms with Crippen molar-refractivity contribution >= 4 is 17.7 Å². The highest BCUT2D eigenvalue weighted by atomic mass is 32.2. The summed E-state index contributed by atoms with van der Waals surface area (Å²) in [7, 11) is 0. The first-order valence-corrected chi connectivity index (χ1v) is 12.7. The molecule has 1 rings (SSSR count). The van der Waals surface area contributed by atoms with Gasteiger partial charge in [-0.2, -0.15) is 11.8 Å². The maximum Gasteiger partial charge on any atom is 0.307 e. The van der Waals surface area contributed by atoms with Gasteiger partial charge in [-0.15, -0.1) is 0 Å². The molecular formula is C26H44O3S. The zero-order valence-corrected chi connectivity index (χ0v) is 21.2. The molecule has 1 aromatic rings. The molecule has 0 saturated heterocycles. The van der Waals surface area contributed by atoms with Gasteiger partial charge in [0.05, 0.1) is 6.42 Å². The van der Waals surface area contributed by atoms with Gasteiger partial charge < -0.3 is 10.2 Å². The summed E-state index contributed by atoms with van der Waals surface area (Å²) < 4.78 is 0. The van der Waals surface area contributed by atoms with Crippen molar-refractivity contribution < 1.29 is 15.0 Å². The Kier molecular flexibility index (Phi) is 10.8. The molecule has 0 aliphatic carbocycles. The largest absolute Gasteiger partial charge is 0.507 e. The number of unbranched alkanes of at least 4 members (excludes halogenated alkanes) is 5. The third-order valence-corrected chi connectivity index (χ3v) is 6.61. The topological polar surface area (TPSA) is 57.5 Å². The van der Waals surface area contributed by atoms with Crippen molar-refractivity contribution in [2.24, 2.45) is 0 Å². The molecule has 3 nitrogen and oxygen atoms in total. The maximum absolute atomic E-state index is 11.6. The van der Waals surface area contributed by atoms with Crippen LogP contribution >= 0.6 is 11.8 Å². The summed E-state index contributed by atoms with van der Waals surface area (Å²) in [4.78, 5) is 11.6. The van der Waals surface area contributed by atoms with E-state index in [2.05, 4.69) is 48.5 Å². The van der Waals surface area contributed by atoms with Crippen LogP contribution in [0.1, 0.15) is 109 Å². The Morgan fingerprint density at radius 2 is 1.53 bits per heavy atom. The molecule has 0 atom stereocenters. The van der Waals surface area contributed by atoms with Crippen molar-refractivity contribution in [1.29, 1.82) is 0 Å². The number of benzene rings is 1. The lowest BCUT2D eigenvalue weighted by Gasteiger charge is -2.31. The Hall–Kier alpha value is -1.16. The second-order valence-electron chi connectivity index (χ2n) is 10.5. The van der Waals surface area contributed by atoms with Crippen LogP contribution in [0.4, 0.5) is 0 Å². The van der Waals surface area contributed by atoms with Gasteiger partial charge in [-0.25, -0.2) is 0 Å². The van der Waals surface area contributed by atoms with E-state index in [0.29, 0.717) is 5.75 Å². The molecular weight excluding hydrogens is 392 g/mol. The third kappa shape index (κ3) is 8.53. The van der Waals surface area contributed by atoms with E-state index in [4.69, 9.17) is 0 Å². The summed E-state index contributed by atoms with van der Waals surface area (Å²) in [5.74, 6) is 1.64. The SMILES string of the molecule is CCCCCCCCSCCc1c(CC(=O)O)cc(C(C)(C)C)c(O)c1C(C)(C)C. The molecule has 1 aromatic carbocycles.